The van der Waals surface area contributed by atoms with Crippen LogP contribution in [0.5, 0.6) is 5.75 Å². The molecule has 1 unspecified atom stereocenters. The number of thioether (sulfide) groups is 1. The zero-order chi connectivity index (χ0) is 26.4. The smallest absolute Gasteiger partial charge is 0.255 e. The van der Waals surface area contributed by atoms with Gasteiger partial charge in [0, 0.05) is 17.1 Å². The Morgan fingerprint density at radius 1 is 1.08 bits per heavy atom. The minimum Gasteiger partial charge on any atom is -0.494 e. The number of carbonyl (C=O) groups excluding carboxylic acids is 1. The van der Waals surface area contributed by atoms with Crippen LogP contribution in [0.25, 0.3) is 0 Å². The Hall–Kier alpha value is -3.26. The molecule has 0 fully saturated rings. The van der Waals surface area contributed by atoms with Crippen LogP contribution in [0.4, 0.5) is 11.6 Å². The standard InChI is InChI=1S/C29H37N5O2S/c1-6-8-17-36-23-15-13-22(14-16-23)26-25(27(35)31-24-12-10-11-19(3)20(24)4)21(5)30-28-32-29(33-34(26)28)37-18-9-7-2/h10-16,26H,6-9,17-18H2,1-5H3,(H,31,35)(H,30,32,33). The maximum absolute atomic E-state index is 13.8. The van der Waals surface area contributed by atoms with Crippen LogP contribution in [0.3, 0.4) is 0 Å². The van der Waals surface area contributed by atoms with E-state index in [1.54, 1.807) is 11.8 Å². The van der Waals surface area contributed by atoms with Gasteiger partial charge in [0.25, 0.3) is 5.91 Å². The fourth-order valence-electron chi connectivity index (χ4n) is 4.26. The maximum Gasteiger partial charge on any atom is 0.255 e. The summed E-state index contributed by atoms with van der Waals surface area (Å²) in [6, 6.07) is 13.5. The molecular weight excluding hydrogens is 482 g/mol. The third-order valence-corrected chi connectivity index (χ3v) is 7.55. The Bertz CT molecular complexity index is 1270. The number of anilines is 2. The van der Waals surface area contributed by atoms with E-state index in [1.807, 2.05) is 67.9 Å². The van der Waals surface area contributed by atoms with Crippen molar-refractivity contribution in [2.45, 2.75) is 71.5 Å². The van der Waals surface area contributed by atoms with E-state index in [1.165, 1.54) is 0 Å². The fraction of sp³-hybridized carbons (Fsp3) is 0.414. The Balaban J connectivity index is 1.69. The second-order valence-corrected chi connectivity index (χ2v) is 10.5. The Labute approximate surface area is 224 Å². The summed E-state index contributed by atoms with van der Waals surface area (Å²) in [7, 11) is 0. The monoisotopic (exact) mass is 519 g/mol. The van der Waals surface area contributed by atoms with Crippen molar-refractivity contribution in [3.63, 3.8) is 0 Å². The molecule has 0 bridgehead atoms. The number of benzene rings is 2. The fourth-order valence-corrected chi connectivity index (χ4v) is 5.17. The summed E-state index contributed by atoms with van der Waals surface area (Å²) in [5, 5.41) is 12.0. The largest absolute Gasteiger partial charge is 0.494 e. The molecule has 1 amide bonds. The summed E-state index contributed by atoms with van der Waals surface area (Å²) >= 11 is 1.64. The first-order valence-electron chi connectivity index (χ1n) is 13.1. The summed E-state index contributed by atoms with van der Waals surface area (Å²) in [6.45, 7) is 11.0. The number of aryl methyl sites for hydroxylation is 1. The van der Waals surface area contributed by atoms with Gasteiger partial charge in [-0.05, 0) is 68.5 Å². The molecule has 4 rings (SSSR count). The number of hydrogen-bond donors (Lipinski definition) is 2. The van der Waals surface area contributed by atoms with Crippen molar-refractivity contribution in [2.24, 2.45) is 0 Å². The minimum absolute atomic E-state index is 0.159. The van der Waals surface area contributed by atoms with Crippen LogP contribution in [0, 0.1) is 13.8 Å². The lowest BCUT2D eigenvalue weighted by Crippen LogP contribution is -2.31. The predicted molar refractivity (Wildman–Crippen MR) is 152 cm³/mol. The van der Waals surface area contributed by atoms with Gasteiger partial charge >= 0.3 is 0 Å². The second-order valence-electron chi connectivity index (χ2n) is 9.40. The number of allylic oxidation sites excluding steroid dienone is 1. The molecule has 1 atom stereocenters. The number of ether oxygens (including phenoxy) is 1. The second kappa shape index (κ2) is 12.3. The van der Waals surface area contributed by atoms with Crippen LogP contribution < -0.4 is 15.4 Å². The van der Waals surface area contributed by atoms with E-state index in [9.17, 15) is 4.79 Å². The average Bonchev–Trinajstić information content (AvgIpc) is 3.29. The molecule has 1 aliphatic heterocycles. The van der Waals surface area contributed by atoms with E-state index in [-0.39, 0.29) is 5.91 Å². The van der Waals surface area contributed by atoms with Gasteiger partial charge in [0.15, 0.2) is 0 Å². The van der Waals surface area contributed by atoms with Crippen LogP contribution in [0.1, 0.15) is 69.2 Å². The number of hydrogen-bond acceptors (Lipinski definition) is 6. The molecule has 0 radical (unpaired) electrons. The number of nitrogens with one attached hydrogen (secondary N) is 2. The predicted octanol–water partition coefficient (Wildman–Crippen LogP) is 6.89. The Kier molecular flexibility index (Phi) is 8.92. The lowest BCUT2D eigenvalue weighted by molar-refractivity contribution is -0.113. The van der Waals surface area contributed by atoms with Gasteiger partial charge in [-0.15, -0.1) is 5.10 Å². The Morgan fingerprint density at radius 2 is 1.84 bits per heavy atom. The van der Waals surface area contributed by atoms with Crippen LogP contribution in [-0.2, 0) is 4.79 Å². The van der Waals surface area contributed by atoms with Crippen molar-refractivity contribution in [3.05, 3.63) is 70.4 Å². The van der Waals surface area contributed by atoms with Gasteiger partial charge in [0.2, 0.25) is 11.1 Å². The molecule has 0 saturated carbocycles. The highest BCUT2D eigenvalue weighted by Crippen LogP contribution is 2.37. The summed E-state index contributed by atoms with van der Waals surface area (Å²) in [5.74, 6) is 2.27. The van der Waals surface area contributed by atoms with Gasteiger partial charge in [-0.1, -0.05) is 62.7 Å². The number of rotatable bonds is 11. The molecule has 2 aromatic carbocycles. The molecule has 3 aromatic rings. The topological polar surface area (TPSA) is 81.1 Å². The summed E-state index contributed by atoms with van der Waals surface area (Å²) in [4.78, 5) is 18.5. The summed E-state index contributed by atoms with van der Waals surface area (Å²) in [6.07, 6.45) is 4.33. The molecule has 1 aromatic heterocycles. The molecule has 8 heteroatoms. The number of carbonyl (C=O) groups is 1. The third kappa shape index (κ3) is 6.18. The van der Waals surface area contributed by atoms with Gasteiger partial charge < -0.3 is 15.4 Å². The molecule has 37 heavy (non-hydrogen) atoms. The minimum atomic E-state index is -0.418. The number of unbranched alkanes of at least 4 members (excludes halogenated alkanes) is 2. The zero-order valence-electron chi connectivity index (χ0n) is 22.4. The first-order chi connectivity index (χ1) is 17.9. The van der Waals surface area contributed by atoms with Crippen molar-refractivity contribution >= 4 is 29.3 Å². The lowest BCUT2D eigenvalue weighted by atomic mass is 9.94. The van der Waals surface area contributed by atoms with Crippen LogP contribution in [0.2, 0.25) is 0 Å². The zero-order valence-corrected chi connectivity index (χ0v) is 23.2. The highest BCUT2D eigenvalue weighted by molar-refractivity contribution is 7.99. The highest BCUT2D eigenvalue weighted by atomic mass is 32.2. The average molecular weight is 520 g/mol. The van der Waals surface area contributed by atoms with Gasteiger partial charge in [-0.3, -0.25) is 4.79 Å². The third-order valence-electron chi connectivity index (χ3n) is 6.62. The van der Waals surface area contributed by atoms with E-state index in [0.717, 1.165) is 65.3 Å². The van der Waals surface area contributed by atoms with Crippen LogP contribution in [0.15, 0.2) is 58.9 Å². The molecule has 0 spiro atoms. The summed E-state index contributed by atoms with van der Waals surface area (Å²) in [5.41, 5.74) is 5.32. The van der Waals surface area contributed by atoms with E-state index in [4.69, 9.17) is 14.8 Å². The molecule has 0 saturated heterocycles. The van der Waals surface area contributed by atoms with Crippen molar-refractivity contribution in [3.8, 4) is 5.75 Å². The van der Waals surface area contributed by atoms with Gasteiger partial charge in [-0.25, -0.2) is 4.68 Å². The van der Waals surface area contributed by atoms with E-state index in [0.29, 0.717) is 23.3 Å². The maximum atomic E-state index is 13.8. The number of amides is 1. The summed E-state index contributed by atoms with van der Waals surface area (Å²) < 4.78 is 7.71. The van der Waals surface area contributed by atoms with E-state index in [2.05, 4.69) is 24.5 Å². The normalized spacial score (nSPS) is 14.8. The van der Waals surface area contributed by atoms with Crippen molar-refractivity contribution in [2.75, 3.05) is 23.0 Å². The SMILES string of the molecule is CCCCOc1ccc(C2C(C(=O)Nc3cccc(C)c3C)=C(C)Nc3nc(SCCCC)nn32)cc1. The first kappa shape index (κ1) is 26.8. The molecule has 0 aliphatic carbocycles. The molecule has 7 nitrogen and oxygen atoms in total. The number of fused-ring (bicyclic) bond motifs is 1. The van der Waals surface area contributed by atoms with Crippen molar-refractivity contribution < 1.29 is 9.53 Å². The quantitative estimate of drug-likeness (QED) is 0.212. The van der Waals surface area contributed by atoms with E-state index >= 15 is 0 Å². The molecule has 2 heterocycles. The lowest BCUT2D eigenvalue weighted by Gasteiger charge is -2.29. The molecule has 2 N–H and O–H groups in total. The molecule has 1 aliphatic rings. The van der Waals surface area contributed by atoms with E-state index < -0.39 is 6.04 Å². The number of nitrogens with zero attached hydrogens (tertiary/aromatic N) is 3. The van der Waals surface area contributed by atoms with Gasteiger partial charge in [-0.2, -0.15) is 4.98 Å². The molecule has 196 valence electrons. The first-order valence-corrected chi connectivity index (χ1v) is 14.1. The van der Waals surface area contributed by atoms with Crippen LogP contribution in [-0.4, -0.2) is 33.0 Å². The van der Waals surface area contributed by atoms with Gasteiger partial charge in [0.05, 0.1) is 12.2 Å². The van der Waals surface area contributed by atoms with Crippen molar-refractivity contribution in [1.82, 2.24) is 14.8 Å². The van der Waals surface area contributed by atoms with Crippen molar-refractivity contribution in [1.29, 1.82) is 0 Å². The van der Waals surface area contributed by atoms with Gasteiger partial charge in [0.1, 0.15) is 11.8 Å². The highest BCUT2D eigenvalue weighted by Gasteiger charge is 2.34. The number of aromatic nitrogens is 3. The van der Waals surface area contributed by atoms with Crippen LogP contribution >= 0.6 is 11.8 Å². The molecular formula is C29H37N5O2S. The Morgan fingerprint density at radius 3 is 2.57 bits per heavy atom.